The molecule has 0 fully saturated rings. The van der Waals surface area contributed by atoms with Crippen LogP contribution < -0.4 is 5.76 Å². The smallest absolute Gasteiger partial charge is 0.351 e. The lowest BCUT2D eigenvalue weighted by atomic mass is 10.2. The Labute approximate surface area is 94.0 Å². The molecule has 0 spiro atoms. The molecule has 0 radical (unpaired) electrons. The van der Waals surface area contributed by atoms with Gasteiger partial charge in [-0.25, -0.2) is 4.79 Å². The molecule has 0 aliphatic rings. The third-order valence-corrected chi connectivity index (χ3v) is 2.71. The number of fused-ring (bicyclic) bond motifs is 1. The van der Waals surface area contributed by atoms with Gasteiger partial charge in [0.25, 0.3) is 0 Å². The fourth-order valence-corrected chi connectivity index (χ4v) is 1.91. The van der Waals surface area contributed by atoms with Gasteiger partial charge in [0.05, 0.1) is 5.02 Å². The van der Waals surface area contributed by atoms with E-state index in [1.807, 2.05) is 24.3 Å². The zero-order valence-electron chi connectivity index (χ0n) is 7.95. The first-order chi connectivity index (χ1) is 7.75. The van der Waals surface area contributed by atoms with Gasteiger partial charge in [0, 0.05) is 10.9 Å². The van der Waals surface area contributed by atoms with Crippen molar-refractivity contribution in [3.8, 4) is 11.5 Å². The molecular formula is C10H6ClN3O2. The molecule has 0 aliphatic carbocycles. The topological polar surface area (TPSA) is 74.7 Å². The number of rotatable bonds is 1. The van der Waals surface area contributed by atoms with Gasteiger partial charge in [0.15, 0.2) is 0 Å². The minimum Gasteiger partial charge on any atom is -0.351 e. The Bertz CT molecular complexity index is 710. The highest BCUT2D eigenvalue weighted by Gasteiger charge is 2.14. The average Bonchev–Trinajstić information content (AvgIpc) is 2.84. The lowest BCUT2D eigenvalue weighted by Crippen LogP contribution is -1.94. The van der Waals surface area contributed by atoms with Crippen LogP contribution in [0.25, 0.3) is 22.4 Å². The highest BCUT2D eigenvalue weighted by molar-refractivity contribution is 6.38. The van der Waals surface area contributed by atoms with E-state index >= 15 is 0 Å². The van der Waals surface area contributed by atoms with Gasteiger partial charge in [-0.05, 0) is 6.07 Å². The molecular weight excluding hydrogens is 230 g/mol. The molecule has 0 amide bonds. The van der Waals surface area contributed by atoms with Gasteiger partial charge in [0.2, 0.25) is 5.82 Å². The maximum atomic E-state index is 10.8. The van der Waals surface area contributed by atoms with Gasteiger partial charge in [-0.15, -0.1) is 0 Å². The van der Waals surface area contributed by atoms with Crippen molar-refractivity contribution in [3.05, 3.63) is 39.8 Å². The molecule has 0 bridgehead atoms. The second kappa shape index (κ2) is 3.24. The molecule has 2 aromatic heterocycles. The molecule has 16 heavy (non-hydrogen) atoms. The Kier molecular flexibility index (Phi) is 1.87. The van der Waals surface area contributed by atoms with Crippen LogP contribution in [0.4, 0.5) is 0 Å². The number of aromatic nitrogens is 3. The van der Waals surface area contributed by atoms with E-state index in [4.69, 9.17) is 11.6 Å². The van der Waals surface area contributed by atoms with Crippen molar-refractivity contribution >= 4 is 22.5 Å². The van der Waals surface area contributed by atoms with Gasteiger partial charge >= 0.3 is 5.76 Å². The van der Waals surface area contributed by atoms with E-state index in [0.29, 0.717) is 16.5 Å². The summed E-state index contributed by atoms with van der Waals surface area (Å²) in [4.78, 5) is 16.4. The Hall–Kier alpha value is -2.01. The number of hydrogen-bond acceptors (Lipinski definition) is 3. The van der Waals surface area contributed by atoms with Crippen LogP contribution in [-0.2, 0) is 0 Å². The first-order valence-electron chi connectivity index (χ1n) is 4.58. The fraction of sp³-hybridized carbons (Fsp3) is 0. The molecule has 0 saturated heterocycles. The number of nitrogens with zero attached hydrogens (tertiary/aromatic N) is 1. The monoisotopic (exact) mass is 235 g/mol. The number of H-pyrrole nitrogens is 2. The van der Waals surface area contributed by atoms with E-state index in [1.54, 1.807) is 0 Å². The molecule has 1 aromatic carbocycles. The summed E-state index contributed by atoms with van der Waals surface area (Å²) in [6, 6.07) is 7.56. The number of hydrogen-bond donors (Lipinski definition) is 2. The molecule has 2 heterocycles. The molecule has 0 aliphatic heterocycles. The van der Waals surface area contributed by atoms with Crippen LogP contribution in [-0.4, -0.2) is 15.1 Å². The summed E-state index contributed by atoms with van der Waals surface area (Å²) in [5.41, 5.74) is 1.43. The summed E-state index contributed by atoms with van der Waals surface area (Å²) in [6.45, 7) is 0. The number of halogens is 1. The Morgan fingerprint density at radius 3 is 2.75 bits per heavy atom. The van der Waals surface area contributed by atoms with Crippen molar-refractivity contribution in [2.24, 2.45) is 0 Å². The van der Waals surface area contributed by atoms with Crippen LogP contribution in [0.2, 0.25) is 5.02 Å². The summed E-state index contributed by atoms with van der Waals surface area (Å²) in [7, 11) is 0. The molecule has 3 rings (SSSR count). The van der Waals surface area contributed by atoms with E-state index < -0.39 is 5.76 Å². The number of aromatic amines is 2. The lowest BCUT2D eigenvalue weighted by Gasteiger charge is -1.89. The summed E-state index contributed by atoms with van der Waals surface area (Å²) < 4.78 is 4.43. The van der Waals surface area contributed by atoms with Crippen molar-refractivity contribution in [1.82, 2.24) is 15.1 Å². The summed E-state index contributed by atoms with van der Waals surface area (Å²) in [6.07, 6.45) is 0. The van der Waals surface area contributed by atoms with Crippen molar-refractivity contribution in [2.45, 2.75) is 0 Å². The van der Waals surface area contributed by atoms with Gasteiger partial charge in [-0.1, -0.05) is 35.0 Å². The molecule has 6 heteroatoms. The van der Waals surface area contributed by atoms with Crippen LogP contribution >= 0.6 is 11.6 Å². The molecule has 2 N–H and O–H groups in total. The Balaban J connectivity index is 2.32. The van der Waals surface area contributed by atoms with E-state index in [1.165, 1.54) is 0 Å². The average molecular weight is 236 g/mol. The van der Waals surface area contributed by atoms with Crippen LogP contribution in [0.15, 0.2) is 33.6 Å². The minimum atomic E-state index is -0.607. The molecule has 5 nitrogen and oxygen atoms in total. The Morgan fingerprint density at radius 1 is 1.25 bits per heavy atom. The van der Waals surface area contributed by atoms with Gasteiger partial charge in [-0.3, -0.25) is 9.51 Å². The highest BCUT2D eigenvalue weighted by atomic mass is 35.5. The summed E-state index contributed by atoms with van der Waals surface area (Å²) in [5, 5.41) is 4.98. The number of benzene rings is 1. The van der Waals surface area contributed by atoms with Crippen LogP contribution in [0, 0.1) is 0 Å². The number of nitrogens with one attached hydrogen (secondary N) is 2. The maximum absolute atomic E-state index is 10.8. The molecule has 3 aromatic rings. The molecule has 80 valence electrons. The van der Waals surface area contributed by atoms with Crippen LogP contribution in [0.5, 0.6) is 0 Å². The van der Waals surface area contributed by atoms with Crippen molar-refractivity contribution in [1.29, 1.82) is 0 Å². The van der Waals surface area contributed by atoms with E-state index in [-0.39, 0.29) is 0 Å². The van der Waals surface area contributed by atoms with Crippen molar-refractivity contribution < 1.29 is 4.52 Å². The first-order valence-corrected chi connectivity index (χ1v) is 4.96. The lowest BCUT2D eigenvalue weighted by molar-refractivity contribution is 0.388. The third kappa shape index (κ3) is 1.25. The zero-order chi connectivity index (χ0) is 11.1. The number of para-hydroxylation sites is 1. The zero-order valence-corrected chi connectivity index (χ0v) is 8.71. The van der Waals surface area contributed by atoms with E-state index in [2.05, 4.69) is 19.6 Å². The highest BCUT2D eigenvalue weighted by Crippen LogP contribution is 2.31. The van der Waals surface area contributed by atoms with Crippen molar-refractivity contribution in [2.75, 3.05) is 0 Å². The summed E-state index contributed by atoms with van der Waals surface area (Å²) in [5.74, 6) is -0.309. The third-order valence-electron chi connectivity index (χ3n) is 2.32. The molecule has 0 saturated carbocycles. The maximum Gasteiger partial charge on any atom is 0.439 e. The standard InChI is InChI=1S/C10H6ClN3O2/c11-7-5-3-1-2-4-6(5)12-8(7)9-13-10(15)16-14-9/h1-4,12H,(H,13,14,15). The minimum absolute atomic E-state index is 0.297. The van der Waals surface area contributed by atoms with E-state index in [9.17, 15) is 4.79 Å². The molecule has 0 atom stereocenters. The SMILES string of the molecule is O=c1[nH]c(-c2[nH]c3ccccc3c2Cl)no1. The predicted molar refractivity (Wildman–Crippen MR) is 59.4 cm³/mol. The van der Waals surface area contributed by atoms with Crippen molar-refractivity contribution in [3.63, 3.8) is 0 Å². The second-order valence-electron chi connectivity index (χ2n) is 3.30. The van der Waals surface area contributed by atoms with Crippen LogP contribution in [0.1, 0.15) is 0 Å². The van der Waals surface area contributed by atoms with Gasteiger partial charge in [0.1, 0.15) is 5.69 Å². The predicted octanol–water partition coefficient (Wildman–Crippen LogP) is 2.16. The Morgan fingerprint density at radius 2 is 2.06 bits per heavy atom. The largest absolute Gasteiger partial charge is 0.439 e. The summed E-state index contributed by atoms with van der Waals surface area (Å²) >= 11 is 6.17. The quantitative estimate of drug-likeness (QED) is 0.679. The fourth-order valence-electron chi connectivity index (χ4n) is 1.61. The second-order valence-corrected chi connectivity index (χ2v) is 3.68. The molecule has 0 unspecified atom stereocenters. The normalized spacial score (nSPS) is 11.1. The first kappa shape index (κ1) is 9.23. The van der Waals surface area contributed by atoms with E-state index in [0.717, 1.165) is 10.9 Å². The van der Waals surface area contributed by atoms with Gasteiger partial charge < -0.3 is 4.98 Å². The van der Waals surface area contributed by atoms with Gasteiger partial charge in [-0.2, -0.15) is 0 Å². The van der Waals surface area contributed by atoms with Crippen LogP contribution in [0.3, 0.4) is 0 Å².